The largest absolute Gasteiger partial charge is 0.280 e. The molecule has 1 aliphatic heterocycles. The minimum atomic E-state index is -0.635. The van der Waals surface area contributed by atoms with E-state index in [4.69, 9.17) is 0 Å². The molecule has 2 heteroatoms. The Balaban J connectivity index is 1.44. The van der Waals surface area contributed by atoms with E-state index in [1.165, 1.54) is 22.3 Å². The molecule has 218 valence electrons. The van der Waals surface area contributed by atoms with Crippen molar-refractivity contribution in [1.82, 2.24) is 0 Å². The number of amides is 1. The number of carbonyl (C=O) groups excluding carboxylic acids is 1. The number of anilines is 2. The molecule has 2 nitrogen and oxygen atoms in total. The van der Waals surface area contributed by atoms with Gasteiger partial charge in [-0.05, 0) is 86.3 Å². The molecule has 6 aromatic carbocycles. The van der Waals surface area contributed by atoms with E-state index in [1.807, 2.05) is 29.2 Å². The van der Waals surface area contributed by atoms with Crippen LogP contribution in [0.3, 0.4) is 0 Å². The van der Waals surface area contributed by atoms with Gasteiger partial charge in [0.15, 0.2) is 0 Å². The van der Waals surface area contributed by atoms with Gasteiger partial charge < -0.3 is 0 Å². The van der Waals surface area contributed by atoms with Gasteiger partial charge in [0.2, 0.25) is 5.91 Å². The third-order valence-electron chi connectivity index (χ3n) is 9.97. The van der Waals surface area contributed by atoms with E-state index in [0.717, 1.165) is 51.2 Å². The van der Waals surface area contributed by atoms with Crippen molar-refractivity contribution in [1.29, 1.82) is 0 Å². The highest BCUT2D eigenvalue weighted by Crippen LogP contribution is 2.60. The van der Waals surface area contributed by atoms with Crippen LogP contribution in [-0.4, -0.2) is 5.91 Å². The Kier molecular flexibility index (Phi) is 6.04. The molecule has 0 radical (unpaired) electrons. The second-order valence-electron chi connectivity index (χ2n) is 12.4. The predicted octanol–water partition coefficient (Wildman–Crippen LogP) is 10.0. The third kappa shape index (κ3) is 3.87. The molecule has 1 heterocycles. The fourth-order valence-corrected chi connectivity index (χ4v) is 7.95. The van der Waals surface area contributed by atoms with Crippen molar-refractivity contribution in [2.24, 2.45) is 5.92 Å². The highest BCUT2D eigenvalue weighted by Gasteiger charge is 2.51. The van der Waals surface area contributed by atoms with Crippen molar-refractivity contribution in [2.45, 2.75) is 11.8 Å². The first-order chi connectivity index (χ1) is 22.7. The Morgan fingerprint density at radius 2 is 0.957 bits per heavy atom. The lowest BCUT2D eigenvalue weighted by molar-refractivity contribution is -0.119. The molecule has 1 spiro atoms. The minimum absolute atomic E-state index is 0.0552. The van der Waals surface area contributed by atoms with Crippen LogP contribution in [0.4, 0.5) is 11.4 Å². The summed E-state index contributed by atoms with van der Waals surface area (Å²) < 4.78 is 0. The summed E-state index contributed by atoms with van der Waals surface area (Å²) in [5.74, 6) is -0.261. The normalized spacial score (nSPS) is 15.3. The lowest BCUT2D eigenvalue weighted by Gasteiger charge is -2.49. The molecule has 9 rings (SSSR count). The summed E-state index contributed by atoms with van der Waals surface area (Å²) in [5, 5.41) is 0. The molecule has 6 aromatic rings. The van der Waals surface area contributed by atoms with E-state index >= 15 is 0 Å². The van der Waals surface area contributed by atoms with Gasteiger partial charge in [-0.15, -0.1) is 0 Å². The van der Waals surface area contributed by atoms with E-state index in [2.05, 4.69) is 146 Å². The fraction of sp³-hybridized carbons (Fsp3) is 0.0682. The van der Waals surface area contributed by atoms with Crippen LogP contribution in [0.25, 0.3) is 22.3 Å². The summed E-state index contributed by atoms with van der Waals surface area (Å²) in [4.78, 5) is 16.6. The minimum Gasteiger partial charge on any atom is -0.280 e. The van der Waals surface area contributed by atoms with Gasteiger partial charge in [0, 0.05) is 0 Å². The van der Waals surface area contributed by atoms with E-state index in [-0.39, 0.29) is 11.8 Å². The van der Waals surface area contributed by atoms with E-state index < -0.39 is 5.41 Å². The Labute approximate surface area is 269 Å². The summed E-state index contributed by atoms with van der Waals surface area (Å²) in [6.07, 6.45) is 8.80. The molecule has 46 heavy (non-hydrogen) atoms. The first-order valence-corrected chi connectivity index (χ1v) is 16.0. The van der Waals surface area contributed by atoms with E-state index in [1.54, 1.807) is 0 Å². The summed E-state index contributed by atoms with van der Waals surface area (Å²) >= 11 is 0. The smallest absolute Gasteiger partial charge is 0.242 e. The fourth-order valence-electron chi connectivity index (χ4n) is 7.95. The molecule has 0 N–H and O–H groups in total. The van der Waals surface area contributed by atoms with Crippen LogP contribution >= 0.6 is 0 Å². The number of fused-ring (bicyclic) bond motifs is 8. The molecule has 2 aliphatic carbocycles. The van der Waals surface area contributed by atoms with Crippen LogP contribution < -0.4 is 4.90 Å². The number of allylic oxidation sites excluding steroid dienone is 2. The number of benzene rings is 6. The SMILES string of the molecule is O=C(C1C=CC=C1)N1c2ccc(-c3ccccc3)cc2C2(c3ccccc3Cc3ccccc32)c2cc(-c3ccccc3)ccc21. The summed E-state index contributed by atoms with van der Waals surface area (Å²) in [5.41, 5.74) is 13.3. The van der Waals surface area contributed by atoms with Crippen LogP contribution in [0.15, 0.2) is 170 Å². The van der Waals surface area contributed by atoms with Gasteiger partial charge >= 0.3 is 0 Å². The molecular weight excluding hydrogens is 558 g/mol. The molecule has 0 atom stereocenters. The molecule has 3 aliphatic rings. The van der Waals surface area contributed by atoms with Crippen LogP contribution in [0.5, 0.6) is 0 Å². The predicted molar refractivity (Wildman–Crippen MR) is 187 cm³/mol. The topological polar surface area (TPSA) is 20.3 Å². The van der Waals surface area contributed by atoms with Gasteiger partial charge in [0.1, 0.15) is 0 Å². The molecule has 0 saturated heterocycles. The van der Waals surface area contributed by atoms with Crippen molar-refractivity contribution in [3.8, 4) is 22.3 Å². The third-order valence-corrected chi connectivity index (χ3v) is 9.97. The number of rotatable bonds is 3. The standard InChI is InChI=1S/C44H31NO/c46-43(32-17-7-8-18-32)45-41-25-23-33(30-13-3-1-4-14-30)28-39(41)44(40-29-34(24-26-42(40)45)31-15-5-2-6-16-31)37-21-11-9-19-35(37)27-36-20-10-12-22-38(36)44/h1-26,28-29,32H,27H2. The van der Waals surface area contributed by atoms with Crippen molar-refractivity contribution in [3.63, 3.8) is 0 Å². The molecule has 0 bridgehead atoms. The molecule has 0 unspecified atom stereocenters. The van der Waals surface area contributed by atoms with Gasteiger partial charge in [-0.3, -0.25) is 9.69 Å². The van der Waals surface area contributed by atoms with Crippen molar-refractivity contribution in [2.75, 3.05) is 4.90 Å². The van der Waals surface area contributed by atoms with Gasteiger partial charge in [0.25, 0.3) is 0 Å². The molecule has 1 amide bonds. The Bertz CT molecular complexity index is 2060. The highest BCUT2D eigenvalue weighted by molar-refractivity contribution is 6.08. The van der Waals surface area contributed by atoms with Crippen LogP contribution in [-0.2, 0) is 16.6 Å². The lowest BCUT2D eigenvalue weighted by Crippen LogP contribution is -2.44. The summed E-state index contributed by atoms with van der Waals surface area (Å²) in [6.45, 7) is 0. The lowest BCUT2D eigenvalue weighted by atomic mass is 9.57. The van der Waals surface area contributed by atoms with Gasteiger partial charge in [-0.2, -0.15) is 0 Å². The zero-order valence-electron chi connectivity index (χ0n) is 25.3. The second kappa shape index (κ2) is 10.4. The summed E-state index contributed by atoms with van der Waals surface area (Å²) in [7, 11) is 0. The van der Waals surface area contributed by atoms with Gasteiger partial charge in [0.05, 0.1) is 22.7 Å². The van der Waals surface area contributed by atoms with Crippen LogP contribution in [0.2, 0.25) is 0 Å². The number of carbonyl (C=O) groups is 1. The van der Waals surface area contributed by atoms with Crippen molar-refractivity contribution < 1.29 is 4.79 Å². The quantitative estimate of drug-likeness (QED) is 0.201. The zero-order chi connectivity index (χ0) is 30.7. The Hall–Kier alpha value is -5.73. The van der Waals surface area contributed by atoms with E-state index in [0.29, 0.717) is 0 Å². The number of hydrogen-bond acceptors (Lipinski definition) is 1. The number of hydrogen-bond donors (Lipinski definition) is 0. The molecule has 0 saturated carbocycles. The Morgan fingerprint density at radius 3 is 1.46 bits per heavy atom. The molecule has 0 fully saturated rings. The maximum absolute atomic E-state index is 14.6. The molecular formula is C44H31NO. The first-order valence-electron chi connectivity index (χ1n) is 16.0. The summed E-state index contributed by atoms with van der Waals surface area (Å²) in [6, 6.07) is 52.3. The zero-order valence-corrected chi connectivity index (χ0v) is 25.3. The van der Waals surface area contributed by atoms with Gasteiger partial charge in [-0.1, -0.05) is 146 Å². The Morgan fingerprint density at radius 1 is 0.500 bits per heavy atom. The van der Waals surface area contributed by atoms with E-state index in [9.17, 15) is 4.79 Å². The van der Waals surface area contributed by atoms with Crippen molar-refractivity contribution in [3.05, 3.63) is 203 Å². The molecule has 0 aromatic heterocycles. The highest BCUT2D eigenvalue weighted by atomic mass is 16.2. The van der Waals surface area contributed by atoms with Crippen LogP contribution in [0.1, 0.15) is 33.4 Å². The maximum atomic E-state index is 14.6. The first kappa shape index (κ1) is 26.7. The second-order valence-corrected chi connectivity index (χ2v) is 12.4. The van der Waals surface area contributed by atoms with Crippen LogP contribution in [0, 0.1) is 5.92 Å². The van der Waals surface area contributed by atoms with Crippen molar-refractivity contribution >= 4 is 17.3 Å². The van der Waals surface area contributed by atoms with Gasteiger partial charge in [-0.25, -0.2) is 0 Å². The maximum Gasteiger partial charge on any atom is 0.242 e. The monoisotopic (exact) mass is 589 g/mol. The number of nitrogens with zero attached hydrogens (tertiary/aromatic N) is 1. The average Bonchev–Trinajstić information content (AvgIpc) is 3.67. The average molecular weight is 590 g/mol.